The molecule has 0 heterocycles. The van der Waals surface area contributed by atoms with Crippen molar-refractivity contribution in [2.75, 3.05) is 0 Å². The summed E-state index contributed by atoms with van der Waals surface area (Å²) in [6, 6.07) is 0. The minimum absolute atomic E-state index is 0.0486. The number of carbonyl (C=O) groups is 1. The van der Waals surface area contributed by atoms with E-state index in [4.69, 9.17) is 5.11 Å². The summed E-state index contributed by atoms with van der Waals surface area (Å²) in [6.45, 7) is 3.65. The summed E-state index contributed by atoms with van der Waals surface area (Å²) in [4.78, 5) is 10.3. The maximum atomic E-state index is 10.3. The summed E-state index contributed by atoms with van der Waals surface area (Å²) >= 11 is 4.03. The van der Waals surface area contributed by atoms with Crippen molar-refractivity contribution in [3.8, 4) is 0 Å². The standard InChI is InChI=1S/C6H12O2S/c1-3-5(4(2)9)6(7)8/h4-5,9H,3H2,1-2H3,(H,7,8). The molecule has 0 fully saturated rings. The first-order chi connectivity index (χ1) is 4.09. The minimum Gasteiger partial charge on any atom is -0.481 e. The number of rotatable bonds is 3. The molecule has 0 bridgehead atoms. The minimum atomic E-state index is -0.750. The van der Waals surface area contributed by atoms with Crippen LogP contribution in [0.2, 0.25) is 0 Å². The molecule has 0 aliphatic carbocycles. The molecule has 0 spiro atoms. The Morgan fingerprint density at radius 3 is 2.22 bits per heavy atom. The van der Waals surface area contributed by atoms with E-state index in [1.807, 2.05) is 6.92 Å². The summed E-state index contributed by atoms with van der Waals surface area (Å²) in [5, 5.41) is 8.45. The van der Waals surface area contributed by atoms with E-state index in [-0.39, 0.29) is 11.2 Å². The Balaban J connectivity index is 3.83. The molecule has 0 aliphatic rings. The van der Waals surface area contributed by atoms with Crippen LogP contribution in [0.25, 0.3) is 0 Å². The lowest BCUT2D eigenvalue weighted by atomic mass is 10.0. The van der Waals surface area contributed by atoms with Crippen LogP contribution in [0.1, 0.15) is 20.3 Å². The molecule has 3 heteroatoms. The molecule has 2 atom stereocenters. The molecule has 0 amide bonds. The fourth-order valence-corrected chi connectivity index (χ4v) is 1.06. The van der Waals surface area contributed by atoms with E-state index in [2.05, 4.69) is 12.6 Å². The third kappa shape index (κ3) is 2.75. The van der Waals surface area contributed by atoms with Crippen molar-refractivity contribution in [2.45, 2.75) is 25.5 Å². The van der Waals surface area contributed by atoms with Crippen molar-refractivity contribution in [1.29, 1.82) is 0 Å². The van der Waals surface area contributed by atoms with Gasteiger partial charge in [-0.1, -0.05) is 13.8 Å². The topological polar surface area (TPSA) is 37.3 Å². The second kappa shape index (κ2) is 3.77. The highest BCUT2D eigenvalue weighted by molar-refractivity contribution is 7.81. The molecule has 0 aromatic heterocycles. The van der Waals surface area contributed by atoms with Gasteiger partial charge in [0.2, 0.25) is 0 Å². The molecule has 0 saturated carbocycles. The highest BCUT2D eigenvalue weighted by Crippen LogP contribution is 2.13. The summed E-state index contributed by atoms with van der Waals surface area (Å²) in [5.41, 5.74) is 0. The molecule has 2 nitrogen and oxygen atoms in total. The van der Waals surface area contributed by atoms with Gasteiger partial charge in [-0.2, -0.15) is 12.6 Å². The Labute approximate surface area is 60.7 Å². The predicted octanol–water partition coefficient (Wildman–Crippen LogP) is 1.42. The van der Waals surface area contributed by atoms with Crippen LogP contribution in [0.3, 0.4) is 0 Å². The average Bonchev–Trinajstić information content (AvgIpc) is 1.64. The predicted molar refractivity (Wildman–Crippen MR) is 39.9 cm³/mol. The molecule has 0 rings (SSSR count). The van der Waals surface area contributed by atoms with Crippen LogP contribution in [0.4, 0.5) is 0 Å². The number of hydrogen-bond acceptors (Lipinski definition) is 2. The molecule has 0 aliphatic heterocycles. The first-order valence-electron chi connectivity index (χ1n) is 3.00. The van der Waals surface area contributed by atoms with Crippen LogP contribution in [-0.4, -0.2) is 16.3 Å². The van der Waals surface area contributed by atoms with Gasteiger partial charge in [0.15, 0.2) is 0 Å². The van der Waals surface area contributed by atoms with Crippen molar-refractivity contribution in [2.24, 2.45) is 5.92 Å². The van der Waals surface area contributed by atoms with Gasteiger partial charge >= 0.3 is 5.97 Å². The zero-order chi connectivity index (χ0) is 7.44. The zero-order valence-electron chi connectivity index (χ0n) is 5.66. The Morgan fingerprint density at radius 2 is 2.22 bits per heavy atom. The summed E-state index contributed by atoms with van der Waals surface area (Å²) < 4.78 is 0. The van der Waals surface area contributed by atoms with Gasteiger partial charge in [0.05, 0.1) is 5.92 Å². The molecule has 1 N–H and O–H groups in total. The molecule has 0 aromatic rings. The van der Waals surface area contributed by atoms with Gasteiger partial charge in [-0.15, -0.1) is 0 Å². The van der Waals surface area contributed by atoms with Crippen molar-refractivity contribution in [1.82, 2.24) is 0 Å². The normalized spacial score (nSPS) is 16.8. The number of thiol groups is 1. The first kappa shape index (κ1) is 8.82. The fraction of sp³-hybridized carbons (Fsp3) is 0.833. The Bertz CT molecular complexity index is 101. The van der Waals surface area contributed by atoms with Crippen LogP contribution >= 0.6 is 12.6 Å². The van der Waals surface area contributed by atoms with Gasteiger partial charge < -0.3 is 5.11 Å². The van der Waals surface area contributed by atoms with Gasteiger partial charge in [-0.25, -0.2) is 0 Å². The summed E-state index contributed by atoms with van der Waals surface area (Å²) in [6.07, 6.45) is 0.653. The molecular weight excluding hydrogens is 136 g/mol. The molecule has 54 valence electrons. The van der Waals surface area contributed by atoms with Crippen molar-refractivity contribution in [3.63, 3.8) is 0 Å². The second-order valence-corrected chi connectivity index (χ2v) is 2.91. The van der Waals surface area contributed by atoms with Crippen LogP contribution in [0.5, 0.6) is 0 Å². The molecule has 0 aromatic carbocycles. The maximum absolute atomic E-state index is 10.3. The van der Waals surface area contributed by atoms with Crippen LogP contribution < -0.4 is 0 Å². The quantitative estimate of drug-likeness (QED) is 0.594. The van der Waals surface area contributed by atoms with Gasteiger partial charge in [0.25, 0.3) is 0 Å². The molecule has 0 saturated heterocycles. The van der Waals surface area contributed by atoms with E-state index in [1.54, 1.807) is 6.92 Å². The largest absolute Gasteiger partial charge is 0.481 e. The van der Waals surface area contributed by atoms with Crippen LogP contribution in [0, 0.1) is 5.92 Å². The van der Waals surface area contributed by atoms with Crippen LogP contribution in [-0.2, 0) is 4.79 Å². The van der Waals surface area contributed by atoms with E-state index in [0.29, 0.717) is 6.42 Å². The van der Waals surface area contributed by atoms with E-state index in [1.165, 1.54) is 0 Å². The monoisotopic (exact) mass is 148 g/mol. The molecule has 9 heavy (non-hydrogen) atoms. The van der Waals surface area contributed by atoms with Gasteiger partial charge in [-0.05, 0) is 6.42 Å². The van der Waals surface area contributed by atoms with Crippen molar-refractivity contribution < 1.29 is 9.90 Å². The molecule has 2 unspecified atom stereocenters. The van der Waals surface area contributed by atoms with Crippen molar-refractivity contribution in [3.05, 3.63) is 0 Å². The smallest absolute Gasteiger partial charge is 0.307 e. The first-order valence-corrected chi connectivity index (χ1v) is 3.52. The van der Waals surface area contributed by atoms with Crippen LogP contribution in [0.15, 0.2) is 0 Å². The van der Waals surface area contributed by atoms with Crippen molar-refractivity contribution >= 4 is 18.6 Å². The Hall–Kier alpha value is -0.180. The number of aliphatic carboxylic acids is 1. The summed E-state index contributed by atoms with van der Waals surface area (Å²) in [5.74, 6) is -1.05. The average molecular weight is 148 g/mol. The lowest BCUT2D eigenvalue weighted by molar-refractivity contribution is -0.141. The van der Waals surface area contributed by atoms with Gasteiger partial charge in [0.1, 0.15) is 0 Å². The van der Waals surface area contributed by atoms with E-state index < -0.39 is 5.97 Å². The second-order valence-electron chi connectivity index (χ2n) is 2.09. The number of carboxylic acid groups (broad SMARTS) is 1. The van der Waals surface area contributed by atoms with Gasteiger partial charge in [-0.3, -0.25) is 4.79 Å². The van der Waals surface area contributed by atoms with E-state index in [0.717, 1.165) is 0 Å². The SMILES string of the molecule is CCC(C(=O)O)C(C)S. The third-order valence-corrected chi connectivity index (χ3v) is 1.70. The fourth-order valence-electron chi connectivity index (χ4n) is 0.722. The third-order valence-electron chi connectivity index (χ3n) is 1.34. The zero-order valence-corrected chi connectivity index (χ0v) is 6.56. The lowest BCUT2D eigenvalue weighted by Gasteiger charge is -2.11. The van der Waals surface area contributed by atoms with Gasteiger partial charge in [0, 0.05) is 5.25 Å². The Morgan fingerprint density at radius 1 is 1.78 bits per heavy atom. The highest BCUT2D eigenvalue weighted by atomic mass is 32.1. The summed E-state index contributed by atoms with van der Waals surface area (Å²) in [7, 11) is 0. The molecular formula is C6H12O2S. The van der Waals surface area contributed by atoms with E-state index in [9.17, 15) is 4.79 Å². The lowest BCUT2D eigenvalue weighted by Crippen LogP contribution is -2.20. The number of carboxylic acids is 1. The Kier molecular flexibility index (Phi) is 3.70. The van der Waals surface area contributed by atoms with E-state index >= 15 is 0 Å². The highest BCUT2D eigenvalue weighted by Gasteiger charge is 2.18. The molecule has 0 radical (unpaired) electrons. The maximum Gasteiger partial charge on any atom is 0.307 e. The number of hydrogen-bond donors (Lipinski definition) is 2.